The molecule has 1 aromatic carbocycles. The van der Waals surface area contributed by atoms with E-state index in [2.05, 4.69) is 4.98 Å². The molecule has 0 fully saturated rings. The van der Waals surface area contributed by atoms with Crippen molar-refractivity contribution in [3.63, 3.8) is 0 Å². The minimum atomic E-state index is -0.218. The fourth-order valence-corrected chi connectivity index (χ4v) is 2.08. The van der Waals surface area contributed by atoms with Crippen LogP contribution in [-0.2, 0) is 0 Å². The van der Waals surface area contributed by atoms with Crippen LogP contribution in [0.4, 0.5) is 0 Å². The molecule has 1 aromatic heterocycles. The molecule has 92 valence electrons. The van der Waals surface area contributed by atoms with Gasteiger partial charge in [0.1, 0.15) is 5.75 Å². The molecule has 0 spiro atoms. The van der Waals surface area contributed by atoms with E-state index < -0.39 is 0 Å². The van der Waals surface area contributed by atoms with Crippen LogP contribution in [0, 0.1) is 6.92 Å². The third kappa shape index (κ3) is 2.09. The number of nitrogens with zero attached hydrogens (tertiary/aromatic N) is 1. The van der Waals surface area contributed by atoms with E-state index in [4.69, 9.17) is 11.6 Å². The Hall–Kier alpha value is -1.87. The summed E-state index contributed by atoms with van der Waals surface area (Å²) in [5.74, 6) is -0.250. The Balaban J connectivity index is 2.78. The number of aromatic hydroxyl groups is 1. The highest BCUT2D eigenvalue weighted by Gasteiger charge is 2.17. The number of ketones is 1. The largest absolute Gasteiger partial charge is 0.507 e. The summed E-state index contributed by atoms with van der Waals surface area (Å²) >= 11 is 6.11. The maximum Gasteiger partial charge on any atom is 0.163 e. The average molecular weight is 262 g/mol. The molecule has 0 aliphatic heterocycles. The first-order chi connectivity index (χ1) is 8.52. The lowest BCUT2D eigenvalue weighted by molar-refractivity contribution is 0.101. The SMILES string of the molecule is CC(=O)c1cc(Cl)c(C)c(-c2ccncc2)c1O. The van der Waals surface area contributed by atoms with E-state index in [-0.39, 0.29) is 17.1 Å². The molecule has 1 N–H and O–H groups in total. The quantitative estimate of drug-likeness (QED) is 0.840. The predicted molar refractivity (Wildman–Crippen MR) is 71.1 cm³/mol. The normalized spacial score (nSPS) is 10.4. The number of rotatable bonds is 2. The second-order valence-electron chi connectivity index (χ2n) is 4.05. The smallest absolute Gasteiger partial charge is 0.163 e. The molecule has 3 nitrogen and oxygen atoms in total. The maximum atomic E-state index is 11.5. The number of pyridine rings is 1. The Morgan fingerprint density at radius 1 is 1.33 bits per heavy atom. The first-order valence-corrected chi connectivity index (χ1v) is 5.83. The summed E-state index contributed by atoms with van der Waals surface area (Å²) in [6.45, 7) is 3.21. The molecule has 4 heteroatoms. The van der Waals surface area contributed by atoms with Crippen molar-refractivity contribution in [1.82, 2.24) is 4.98 Å². The van der Waals surface area contributed by atoms with Crippen LogP contribution in [0.2, 0.25) is 5.02 Å². The van der Waals surface area contributed by atoms with Crippen LogP contribution in [0.3, 0.4) is 0 Å². The Morgan fingerprint density at radius 3 is 2.50 bits per heavy atom. The van der Waals surface area contributed by atoms with Crippen LogP contribution in [0.25, 0.3) is 11.1 Å². The summed E-state index contributed by atoms with van der Waals surface area (Å²) in [4.78, 5) is 15.4. The summed E-state index contributed by atoms with van der Waals surface area (Å²) in [6.07, 6.45) is 3.26. The molecular weight excluding hydrogens is 250 g/mol. The van der Waals surface area contributed by atoms with Gasteiger partial charge in [0, 0.05) is 23.0 Å². The molecule has 0 bridgehead atoms. The van der Waals surface area contributed by atoms with Gasteiger partial charge in [0.25, 0.3) is 0 Å². The zero-order chi connectivity index (χ0) is 13.3. The number of aromatic nitrogens is 1. The Labute approximate surface area is 110 Å². The number of carbonyl (C=O) groups excluding carboxylic acids is 1. The lowest BCUT2D eigenvalue weighted by atomic mass is 9.96. The van der Waals surface area contributed by atoms with Gasteiger partial charge in [-0.05, 0) is 43.2 Å². The molecular formula is C14H12ClNO2. The van der Waals surface area contributed by atoms with Crippen LogP contribution >= 0.6 is 11.6 Å². The van der Waals surface area contributed by atoms with E-state index >= 15 is 0 Å². The minimum Gasteiger partial charge on any atom is -0.507 e. The van der Waals surface area contributed by atoms with E-state index in [1.807, 2.05) is 6.92 Å². The molecule has 0 aliphatic carbocycles. The van der Waals surface area contributed by atoms with Gasteiger partial charge >= 0.3 is 0 Å². The zero-order valence-corrected chi connectivity index (χ0v) is 10.8. The number of Topliss-reactive ketones (excluding diaryl/α,β-unsaturated/α-hetero) is 1. The Kier molecular flexibility index (Phi) is 3.34. The molecule has 0 unspecified atom stereocenters. The van der Waals surface area contributed by atoms with E-state index in [0.29, 0.717) is 10.6 Å². The maximum absolute atomic E-state index is 11.5. The number of hydrogen-bond donors (Lipinski definition) is 1. The standard InChI is InChI=1S/C14H12ClNO2/c1-8-12(15)7-11(9(2)17)14(18)13(8)10-3-5-16-6-4-10/h3-7,18H,1-2H3. The summed E-state index contributed by atoms with van der Waals surface area (Å²) in [6, 6.07) is 5.03. The van der Waals surface area contributed by atoms with Crippen molar-refractivity contribution in [3.05, 3.63) is 46.7 Å². The van der Waals surface area contributed by atoms with Gasteiger partial charge in [-0.25, -0.2) is 0 Å². The van der Waals surface area contributed by atoms with Crippen molar-refractivity contribution >= 4 is 17.4 Å². The van der Waals surface area contributed by atoms with Gasteiger partial charge in [0.2, 0.25) is 0 Å². The fraction of sp³-hybridized carbons (Fsp3) is 0.143. The van der Waals surface area contributed by atoms with Crippen LogP contribution in [0.5, 0.6) is 5.75 Å². The molecule has 0 radical (unpaired) electrons. The van der Waals surface area contributed by atoms with Crippen molar-refractivity contribution in [2.24, 2.45) is 0 Å². The topological polar surface area (TPSA) is 50.2 Å². The van der Waals surface area contributed by atoms with E-state index in [1.54, 1.807) is 24.5 Å². The number of hydrogen-bond acceptors (Lipinski definition) is 3. The molecule has 2 aromatic rings. The van der Waals surface area contributed by atoms with Crippen molar-refractivity contribution in [2.75, 3.05) is 0 Å². The second-order valence-corrected chi connectivity index (χ2v) is 4.45. The summed E-state index contributed by atoms with van der Waals surface area (Å²) in [5.41, 5.74) is 2.34. The van der Waals surface area contributed by atoms with Crippen LogP contribution in [0.1, 0.15) is 22.8 Å². The molecule has 0 amide bonds. The van der Waals surface area contributed by atoms with Crippen LogP contribution < -0.4 is 0 Å². The Bertz CT molecular complexity index is 609. The number of carbonyl (C=O) groups is 1. The third-order valence-electron chi connectivity index (χ3n) is 2.84. The van der Waals surface area contributed by atoms with Gasteiger partial charge in [0.05, 0.1) is 5.56 Å². The summed E-state index contributed by atoms with van der Waals surface area (Å²) in [7, 11) is 0. The average Bonchev–Trinajstić information content (AvgIpc) is 2.35. The van der Waals surface area contributed by atoms with Crippen LogP contribution in [0.15, 0.2) is 30.6 Å². The van der Waals surface area contributed by atoms with Crippen molar-refractivity contribution < 1.29 is 9.90 Å². The molecule has 2 rings (SSSR count). The molecule has 0 atom stereocenters. The zero-order valence-electron chi connectivity index (χ0n) is 10.1. The lowest BCUT2D eigenvalue weighted by Gasteiger charge is -2.13. The first kappa shape index (κ1) is 12.6. The van der Waals surface area contributed by atoms with Gasteiger partial charge in [-0.15, -0.1) is 0 Å². The number of halogens is 1. The molecule has 0 saturated heterocycles. The van der Waals surface area contributed by atoms with Gasteiger partial charge < -0.3 is 5.11 Å². The van der Waals surface area contributed by atoms with E-state index in [1.165, 1.54) is 13.0 Å². The fourth-order valence-electron chi connectivity index (χ4n) is 1.88. The highest BCUT2D eigenvalue weighted by molar-refractivity contribution is 6.32. The summed E-state index contributed by atoms with van der Waals surface area (Å²) in [5, 5.41) is 10.7. The third-order valence-corrected chi connectivity index (χ3v) is 3.24. The van der Waals surface area contributed by atoms with Crippen molar-refractivity contribution in [3.8, 4) is 16.9 Å². The van der Waals surface area contributed by atoms with Gasteiger partial charge in [-0.1, -0.05) is 11.6 Å². The van der Waals surface area contributed by atoms with Gasteiger partial charge in [0.15, 0.2) is 5.78 Å². The highest BCUT2D eigenvalue weighted by atomic mass is 35.5. The minimum absolute atomic E-state index is 0.0319. The van der Waals surface area contributed by atoms with Crippen LogP contribution in [-0.4, -0.2) is 15.9 Å². The van der Waals surface area contributed by atoms with E-state index in [0.717, 1.165) is 11.1 Å². The van der Waals surface area contributed by atoms with Gasteiger partial charge in [-0.3, -0.25) is 9.78 Å². The highest BCUT2D eigenvalue weighted by Crippen LogP contribution is 2.39. The number of phenolic OH excluding ortho intramolecular Hbond substituents is 1. The number of benzene rings is 1. The van der Waals surface area contributed by atoms with Crippen molar-refractivity contribution in [1.29, 1.82) is 0 Å². The molecule has 18 heavy (non-hydrogen) atoms. The van der Waals surface area contributed by atoms with Gasteiger partial charge in [-0.2, -0.15) is 0 Å². The summed E-state index contributed by atoms with van der Waals surface area (Å²) < 4.78 is 0. The Morgan fingerprint density at radius 2 is 1.94 bits per heavy atom. The molecule has 0 saturated carbocycles. The molecule has 0 aliphatic rings. The number of phenols is 1. The van der Waals surface area contributed by atoms with E-state index in [9.17, 15) is 9.90 Å². The van der Waals surface area contributed by atoms with Crippen molar-refractivity contribution in [2.45, 2.75) is 13.8 Å². The second kappa shape index (κ2) is 4.78. The predicted octanol–water partition coefficient (Wildman–Crippen LogP) is 3.62. The molecule has 1 heterocycles. The first-order valence-electron chi connectivity index (χ1n) is 5.45. The monoisotopic (exact) mass is 261 g/mol. The lowest BCUT2D eigenvalue weighted by Crippen LogP contribution is -1.97.